The summed E-state index contributed by atoms with van der Waals surface area (Å²) in [6, 6.07) is 13.7. The number of hydrogen-bond donors (Lipinski definition) is 2. The third kappa shape index (κ3) is 5.26. The summed E-state index contributed by atoms with van der Waals surface area (Å²) in [7, 11) is 0. The molecule has 1 amide bonds. The minimum atomic E-state index is -0.370. The van der Waals surface area contributed by atoms with Gasteiger partial charge in [-0.3, -0.25) is 4.79 Å². The Morgan fingerprint density at radius 1 is 1.07 bits per heavy atom. The van der Waals surface area contributed by atoms with Crippen LogP contribution in [0.15, 0.2) is 60.9 Å². The topological polar surface area (TPSA) is 76.1 Å². The molecule has 0 aliphatic heterocycles. The average Bonchev–Trinajstić information content (AvgIpc) is 2.69. The molecule has 0 bridgehead atoms. The standard InChI is InChI=1S/C21H21FN4O2/c1-14(2)28-18-9-7-17(8-10-18)26-21-24-12-16(13-25-21)20(27)23-11-15-5-3-4-6-19(15)22/h3-10,12-14H,11H2,1-2H3,(H,23,27)(H,24,25,26). The fraction of sp³-hybridized carbons (Fsp3) is 0.190. The molecule has 144 valence electrons. The van der Waals surface area contributed by atoms with Crippen molar-refractivity contribution in [3.8, 4) is 5.75 Å². The van der Waals surface area contributed by atoms with Crippen molar-refractivity contribution in [1.29, 1.82) is 0 Å². The molecule has 1 aromatic heterocycles. The van der Waals surface area contributed by atoms with Crippen molar-refractivity contribution in [2.45, 2.75) is 26.5 Å². The second-order valence-electron chi connectivity index (χ2n) is 6.39. The van der Waals surface area contributed by atoms with E-state index >= 15 is 0 Å². The van der Waals surface area contributed by atoms with E-state index < -0.39 is 0 Å². The summed E-state index contributed by atoms with van der Waals surface area (Å²) < 4.78 is 19.2. The van der Waals surface area contributed by atoms with Gasteiger partial charge < -0.3 is 15.4 Å². The van der Waals surface area contributed by atoms with Crippen LogP contribution in [0, 0.1) is 5.82 Å². The molecule has 0 saturated carbocycles. The first-order valence-corrected chi connectivity index (χ1v) is 8.88. The molecule has 3 aromatic rings. The molecule has 0 spiro atoms. The van der Waals surface area contributed by atoms with Gasteiger partial charge in [-0.25, -0.2) is 14.4 Å². The Labute approximate surface area is 162 Å². The quantitative estimate of drug-likeness (QED) is 0.646. The number of ether oxygens (including phenoxy) is 1. The minimum Gasteiger partial charge on any atom is -0.491 e. The van der Waals surface area contributed by atoms with E-state index in [1.165, 1.54) is 18.5 Å². The van der Waals surface area contributed by atoms with Gasteiger partial charge in [0.05, 0.1) is 11.7 Å². The highest BCUT2D eigenvalue weighted by Crippen LogP contribution is 2.19. The van der Waals surface area contributed by atoms with Crippen LogP contribution in [-0.4, -0.2) is 22.0 Å². The average molecular weight is 380 g/mol. The van der Waals surface area contributed by atoms with E-state index in [9.17, 15) is 9.18 Å². The Hall–Kier alpha value is -3.48. The van der Waals surface area contributed by atoms with Crippen molar-refractivity contribution in [3.63, 3.8) is 0 Å². The van der Waals surface area contributed by atoms with Crippen LogP contribution < -0.4 is 15.4 Å². The Bertz CT molecular complexity index is 928. The lowest BCUT2D eigenvalue weighted by Crippen LogP contribution is -2.23. The summed E-state index contributed by atoms with van der Waals surface area (Å²) >= 11 is 0. The molecule has 0 fully saturated rings. The van der Waals surface area contributed by atoms with E-state index in [1.807, 2.05) is 38.1 Å². The SMILES string of the molecule is CC(C)Oc1ccc(Nc2ncc(C(=O)NCc3ccccc3F)cn2)cc1. The predicted molar refractivity (Wildman–Crippen MR) is 105 cm³/mol. The highest BCUT2D eigenvalue weighted by atomic mass is 19.1. The van der Waals surface area contributed by atoms with Gasteiger partial charge in [-0.1, -0.05) is 18.2 Å². The number of carbonyl (C=O) groups excluding carboxylic acids is 1. The Balaban J connectivity index is 1.57. The zero-order valence-electron chi connectivity index (χ0n) is 15.6. The summed E-state index contributed by atoms with van der Waals surface area (Å²) in [6.45, 7) is 4.03. The maximum absolute atomic E-state index is 13.6. The third-order valence-electron chi connectivity index (χ3n) is 3.79. The van der Waals surface area contributed by atoms with Crippen molar-refractivity contribution < 1.29 is 13.9 Å². The molecule has 28 heavy (non-hydrogen) atoms. The first-order valence-electron chi connectivity index (χ1n) is 8.88. The van der Waals surface area contributed by atoms with E-state index in [2.05, 4.69) is 20.6 Å². The van der Waals surface area contributed by atoms with E-state index in [-0.39, 0.29) is 24.4 Å². The number of nitrogens with zero attached hydrogens (tertiary/aromatic N) is 2. The van der Waals surface area contributed by atoms with Crippen LogP contribution in [0.1, 0.15) is 29.8 Å². The van der Waals surface area contributed by atoms with Gasteiger partial charge in [-0.15, -0.1) is 0 Å². The summed E-state index contributed by atoms with van der Waals surface area (Å²) in [4.78, 5) is 20.5. The van der Waals surface area contributed by atoms with Crippen LogP contribution in [0.2, 0.25) is 0 Å². The smallest absolute Gasteiger partial charge is 0.254 e. The number of anilines is 2. The largest absolute Gasteiger partial charge is 0.491 e. The third-order valence-corrected chi connectivity index (χ3v) is 3.79. The van der Waals surface area contributed by atoms with E-state index in [1.54, 1.807) is 18.2 Å². The summed E-state index contributed by atoms with van der Waals surface area (Å²) in [5, 5.41) is 5.71. The first kappa shape index (κ1) is 19.3. The fourth-order valence-electron chi connectivity index (χ4n) is 2.45. The van der Waals surface area contributed by atoms with Crippen LogP contribution in [0.5, 0.6) is 5.75 Å². The first-order chi connectivity index (χ1) is 13.5. The second-order valence-corrected chi connectivity index (χ2v) is 6.39. The molecule has 0 radical (unpaired) electrons. The van der Waals surface area contributed by atoms with Crippen LogP contribution in [0.4, 0.5) is 16.0 Å². The number of amides is 1. The maximum atomic E-state index is 13.6. The van der Waals surface area contributed by atoms with Gasteiger partial charge >= 0.3 is 0 Å². The van der Waals surface area contributed by atoms with E-state index in [4.69, 9.17) is 4.74 Å². The lowest BCUT2D eigenvalue weighted by molar-refractivity contribution is 0.0950. The molecule has 2 N–H and O–H groups in total. The van der Waals surface area contributed by atoms with Crippen LogP contribution in [0.3, 0.4) is 0 Å². The lowest BCUT2D eigenvalue weighted by Gasteiger charge is -2.10. The number of rotatable bonds is 7. The van der Waals surface area contributed by atoms with Crippen molar-refractivity contribution in [3.05, 3.63) is 77.9 Å². The van der Waals surface area contributed by atoms with Gasteiger partial charge in [0, 0.05) is 30.2 Å². The summed E-state index contributed by atoms with van der Waals surface area (Å²) in [5.74, 6) is 0.417. The van der Waals surface area contributed by atoms with Gasteiger partial charge in [0.1, 0.15) is 11.6 Å². The zero-order valence-corrected chi connectivity index (χ0v) is 15.6. The molecule has 2 aromatic carbocycles. The van der Waals surface area contributed by atoms with Gasteiger partial charge in [0.15, 0.2) is 0 Å². The van der Waals surface area contributed by atoms with Crippen molar-refractivity contribution in [2.75, 3.05) is 5.32 Å². The molecule has 0 unspecified atom stereocenters. The molecule has 0 saturated heterocycles. The molecular formula is C21H21FN4O2. The lowest BCUT2D eigenvalue weighted by atomic mass is 10.2. The highest BCUT2D eigenvalue weighted by molar-refractivity contribution is 5.93. The van der Waals surface area contributed by atoms with Crippen molar-refractivity contribution in [1.82, 2.24) is 15.3 Å². The predicted octanol–water partition coefficient (Wildman–Crippen LogP) is 4.08. The molecule has 1 heterocycles. The minimum absolute atomic E-state index is 0.0936. The fourth-order valence-corrected chi connectivity index (χ4v) is 2.45. The van der Waals surface area contributed by atoms with Gasteiger partial charge in [-0.2, -0.15) is 0 Å². The maximum Gasteiger partial charge on any atom is 0.254 e. The normalized spacial score (nSPS) is 10.6. The van der Waals surface area contributed by atoms with Gasteiger partial charge in [0.2, 0.25) is 5.95 Å². The number of carbonyl (C=O) groups is 1. The van der Waals surface area contributed by atoms with Crippen LogP contribution in [-0.2, 0) is 6.54 Å². The van der Waals surface area contributed by atoms with Gasteiger partial charge in [-0.05, 0) is 44.2 Å². The second kappa shape index (κ2) is 8.94. The molecule has 3 rings (SSSR count). The number of benzene rings is 2. The Morgan fingerprint density at radius 2 is 1.75 bits per heavy atom. The molecule has 7 heteroatoms. The highest BCUT2D eigenvalue weighted by Gasteiger charge is 2.09. The molecule has 0 aliphatic carbocycles. The molecule has 6 nitrogen and oxygen atoms in total. The summed E-state index contributed by atoms with van der Waals surface area (Å²) in [5.41, 5.74) is 1.51. The van der Waals surface area contributed by atoms with Crippen molar-refractivity contribution >= 4 is 17.5 Å². The van der Waals surface area contributed by atoms with Gasteiger partial charge in [0.25, 0.3) is 5.91 Å². The van der Waals surface area contributed by atoms with Crippen LogP contribution in [0.25, 0.3) is 0 Å². The van der Waals surface area contributed by atoms with E-state index in [0.29, 0.717) is 17.1 Å². The van der Waals surface area contributed by atoms with Crippen LogP contribution >= 0.6 is 0 Å². The monoisotopic (exact) mass is 380 g/mol. The number of hydrogen-bond acceptors (Lipinski definition) is 5. The Morgan fingerprint density at radius 3 is 2.39 bits per heavy atom. The molecular weight excluding hydrogens is 359 g/mol. The van der Waals surface area contributed by atoms with E-state index in [0.717, 1.165) is 11.4 Å². The molecule has 0 aliphatic rings. The number of nitrogens with one attached hydrogen (secondary N) is 2. The number of halogens is 1. The Kier molecular flexibility index (Phi) is 6.16. The number of aromatic nitrogens is 2. The molecule has 0 atom stereocenters. The zero-order chi connectivity index (χ0) is 19.9. The summed E-state index contributed by atoms with van der Waals surface area (Å²) in [6.07, 6.45) is 2.95. The van der Waals surface area contributed by atoms with Crippen molar-refractivity contribution in [2.24, 2.45) is 0 Å².